The maximum atomic E-state index is 14.1. The Morgan fingerprint density at radius 2 is 1.47 bits per heavy atom. The first-order valence-electron chi connectivity index (χ1n) is 18.6. The molecule has 1 fully saturated rings. The minimum absolute atomic E-state index is 0. The number of aliphatic hydroxyl groups excluding tert-OH is 2. The largest absolute Gasteiger partial charge is 0.394 e. The number of rotatable bonds is 23. The molecule has 326 valence electrons. The van der Waals surface area contributed by atoms with Gasteiger partial charge >= 0.3 is 0 Å². The second kappa shape index (κ2) is 30.1. The molecule has 0 unspecified atom stereocenters. The highest BCUT2D eigenvalue weighted by atomic mass is 35.5. The Morgan fingerprint density at radius 1 is 0.825 bits per heavy atom. The summed E-state index contributed by atoms with van der Waals surface area (Å²) in [5.74, 6) is -2.85. The number of unbranched alkanes of at least 4 members (excludes halogenated alkanes) is 1. The maximum absolute atomic E-state index is 14.1. The fraction of sp³-hybridized carbons (Fsp3) is 0.605. The lowest BCUT2D eigenvalue weighted by atomic mass is 9.96. The Labute approximate surface area is 360 Å². The SMILES string of the molecule is CC(C)C[C@H](NC(=O)[C@H](CCC(N)=O)NC(=O)[C@H](Cc1cccc2ccccc12)NC(=O)CN1CCOCC1)[C@@H](O)CC(=O)N[C@H](CO)CCCCN.Cl.Cl.Cl.Cl. The molecular weight excluding hydrogens is 824 g/mol. The van der Waals surface area contributed by atoms with E-state index < -0.39 is 53.9 Å². The summed E-state index contributed by atoms with van der Waals surface area (Å²) in [6, 6.07) is 9.69. The molecule has 2 aromatic carbocycles. The fourth-order valence-corrected chi connectivity index (χ4v) is 6.40. The first kappa shape index (κ1) is 56.1. The van der Waals surface area contributed by atoms with Crippen LogP contribution in [0.2, 0.25) is 0 Å². The van der Waals surface area contributed by atoms with Crippen LogP contribution < -0.4 is 32.7 Å². The zero-order chi connectivity index (χ0) is 38.8. The number of morpholine rings is 1. The van der Waals surface area contributed by atoms with Crippen molar-refractivity contribution in [2.24, 2.45) is 17.4 Å². The molecule has 1 saturated heterocycles. The van der Waals surface area contributed by atoms with Crippen LogP contribution in [0.25, 0.3) is 10.8 Å². The minimum atomic E-state index is -1.30. The highest BCUT2D eigenvalue weighted by molar-refractivity contribution is 5.94. The lowest BCUT2D eigenvalue weighted by Crippen LogP contribution is -2.57. The zero-order valence-corrected chi connectivity index (χ0v) is 36.0. The minimum Gasteiger partial charge on any atom is -0.394 e. The van der Waals surface area contributed by atoms with Gasteiger partial charge in [0.1, 0.15) is 12.1 Å². The Kier molecular flexibility index (Phi) is 29.6. The number of hydrogen-bond donors (Lipinski definition) is 8. The molecule has 0 radical (unpaired) electrons. The van der Waals surface area contributed by atoms with E-state index in [4.69, 9.17) is 16.2 Å². The number of nitrogens with two attached hydrogens (primary N) is 2. The molecule has 2 aromatic rings. The van der Waals surface area contributed by atoms with E-state index in [1.807, 2.05) is 61.2 Å². The van der Waals surface area contributed by atoms with Gasteiger partial charge in [-0.25, -0.2) is 0 Å². The molecule has 19 heteroatoms. The monoisotopic (exact) mass is 885 g/mol. The van der Waals surface area contributed by atoms with Crippen LogP contribution in [0.5, 0.6) is 0 Å². The van der Waals surface area contributed by atoms with E-state index in [1.165, 1.54) is 0 Å². The molecule has 3 rings (SSSR count). The second-order valence-corrected chi connectivity index (χ2v) is 14.2. The number of hydrogen-bond acceptors (Lipinski definition) is 10. The van der Waals surface area contributed by atoms with Crippen LogP contribution in [0.3, 0.4) is 0 Å². The van der Waals surface area contributed by atoms with Gasteiger partial charge in [0.25, 0.3) is 0 Å². The summed E-state index contributed by atoms with van der Waals surface area (Å²) < 4.78 is 5.39. The number of halogens is 4. The summed E-state index contributed by atoms with van der Waals surface area (Å²) in [6.45, 7) is 6.23. The van der Waals surface area contributed by atoms with Gasteiger partial charge in [-0.15, -0.1) is 49.6 Å². The van der Waals surface area contributed by atoms with E-state index in [0.717, 1.165) is 29.2 Å². The van der Waals surface area contributed by atoms with E-state index in [2.05, 4.69) is 21.3 Å². The van der Waals surface area contributed by atoms with Crippen molar-refractivity contribution in [3.63, 3.8) is 0 Å². The van der Waals surface area contributed by atoms with Crippen LogP contribution in [0.1, 0.15) is 64.4 Å². The number of ether oxygens (including phenoxy) is 1. The van der Waals surface area contributed by atoms with Crippen molar-refractivity contribution in [1.82, 2.24) is 26.2 Å². The molecule has 0 saturated carbocycles. The van der Waals surface area contributed by atoms with Gasteiger partial charge < -0.3 is 47.7 Å². The molecule has 0 aliphatic carbocycles. The van der Waals surface area contributed by atoms with Gasteiger partial charge in [-0.1, -0.05) is 62.7 Å². The number of benzene rings is 2. The van der Waals surface area contributed by atoms with Crippen molar-refractivity contribution in [1.29, 1.82) is 0 Å². The van der Waals surface area contributed by atoms with E-state index >= 15 is 0 Å². The number of carbonyl (C=O) groups is 5. The topological polar surface area (TPSA) is 238 Å². The molecule has 1 aliphatic rings. The predicted octanol–water partition coefficient (Wildman–Crippen LogP) is 1.52. The molecule has 5 amide bonds. The first-order valence-corrected chi connectivity index (χ1v) is 18.6. The normalized spacial score (nSPS) is 15.1. The van der Waals surface area contributed by atoms with Crippen LogP contribution in [0, 0.1) is 5.92 Å². The Morgan fingerprint density at radius 3 is 2.11 bits per heavy atom. The average Bonchev–Trinajstić information content (AvgIpc) is 3.12. The van der Waals surface area contributed by atoms with Crippen molar-refractivity contribution in [3.8, 4) is 0 Å². The Hall–Kier alpha value is -2.99. The molecule has 5 atom stereocenters. The molecule has 15 nitrogen and oxygen atoms in total. The molecule has 57 heavy (non-hydrogen) atoms. The number of nitrogens with one attached hydrogen (secondary N) is 4. The third-order valence-corrected chi connectivity index (χ3v) is 9.24. The third-order valence-electron chi connectivity index (χ3n) is 9.24. The van der Waals surface area contributed by atoms with Gasteiger partial charge in [0.15, 0.2) is 0 Å². The Bertz CT molecular complexity index is 1500. The van der Waals surface area contributed by atoms with Crippen LogP contribution in [-0.4, -0.2) is 121 Å². The molecule has 0 spiro atoms. The van der Waals surface area contributed by atoms with Crippen LogP contribution >= 0.6 is 49.6 Å². The van der Waals surface area contributed by atoms with Crippen molar-refractivity contribution >= 4 is 89.9 Å². The Balaban J connectivity index is 0. The fourth-order valence-electron chi connectivity index (χ4n) is 6.40. The van der Waals surface area contributed by atoms with Crippen molar-refractivity contribution < 1.29 is 38.9 Å². The van der Waals surface area contributed by atoms with Crippen LogP contribution in [0.15, 0.2) is 42.5 Å². The maximum Gasteiger partial charge on any atom is 0.243 e. The first-order chi connectivity index (χ1) is 25.4. The lowest BCUT2D eigenvalue weighted by Gasteiger charge is -2.29. The number of carbonyl (C=O) groups excluding carboxylic acids is 5. The van der Waals surface area contributed by atoms with Gasteiger partial charge in [0, 0.05) is 25.9 Å². The number of nitrogens with zero attached hydrogens (tertiary/aromatic N) is 1. The van der Waals surface area contributed by atoms with Gasteiger partial charge in [-0.2, -0.15) is 0 Å². The zero-order valence-electron chi connectivity index (χ0n) is 32.7. The summed E-state index contributed by atoms with van der Waals surface area (Å²) in [5.41, 5.74) is 11.8. The van der Waals surface area contributed by atoms with Gasteiger partial charge in [-0.05, 0) is 54.5 Å². The predicted molar refractivity (Wildman–Crippen MR) is 230 cm³/mol. The molecule has 1 aliphatic heterocycles. The summed E-state index contributed by atoms with van der Waals surface area (Å²) in [6.07, 6.45) is 0.420. The highest BCUT2D eigenvalue weighted by Crippen LogP contribution is 2.20. The number of fused-ring (bicyclic) bond motifs is 1. The number of aliphatic hydroxyl groups is 2. The summed E-state index contributed by atoms with van der Waals surface area (Å²) >= 11 is 0. The van der Waals surface area contributed by atoms with E-state index in [9.17, 15) is 34.2 Å². The van der Waals surface area contributed by atoms with Gasteiger partial charge in [0.05, 0.1) is 51.0 Å². The summed E-state index contributed by atoms with van der Waals surface area (Å²) in [4.78, 5) is 67.8. The van der Waals surface area contributed by atoms with Crippen LogP contribution in [0.4, 0.5) is 0 Å². The molecular formula is C38H63Cl4N7O8. The number of amides is 5. The second-order valence-electron chi connectivity index (χ2n) is 14.2. The van der Waals surface area contributed by atoms with Crippen molar-refractivity contribution in [2.45, 2.75) is 95.5 Å². The quantitative estimate of drug-likeness (QED) is 0.0750. The van der Waals surface area contributed by atoms with Crippen molar-refractivity contribution in [2.75, 3.05) is 46.0 Å². The summed E-state index contributed by atoms with van der Waals surface area (Å²) in [7, 11) is 0. The standard InChI is InChI=1S/C38H59N7O8.4ClH/c1-25(2)20-31(33(47)22-35(49)41-28(24-46)11-5-6-15-39)44-37(51)30(13-14-34(40)48)43-38(52)32(42-36(50)23-45-16-18-53-19-17-45)21-27-10-7-9-26-8-3-4-12-29(26)27;;;;/h3-4,7-10,12,25,28,30-33,46-47H,5-6,11,13-24,39H2,1-2H3,(H2,40,48)(H,41,49)(H,42,50)(H,43,52)(H,44,51);4*1H/t28-,30-,31-,32-,33-;;;;/m0..../s1. The smallest absolute Gasteiger partial charge is 0.243 e. The average molecular weight is 888 g/mol. The molecule has 0 aromatic heterocycles. The van der Waals surface area contributed by atoms with E-state index in [1.54, 1.807) is 0 Å². The van der Waals surface area contributed by atoms with E-state index in [0.29, 0.717) is 45.7 Å². The molecule has 10 N–H and O–H groups in total. The van der Waals surface area contributed by atoms with Gasteiger partial charge in [0.2, 0.25) is 29.5 Å². The highest BCUT2D eigenvalue weighted by Gasteiger charge is 2.32. The van der Waals surface area contributed by atoms with E-state index in [-0.39, 0.29) is 100 Å². The lowest BCUT2D eigenvalue weighted by molar-refractivity contribution is -0.133. The molecule has 0 bridgehead atoms. The third kappa shape index (κ3) is 20.5. The van der Waals surface area contributed by atoms with Crippen LogP contribution in [-0.2, 0) is 35.1 Å². The molecule has 1 heterocycles. The van der Waals surface area contributed by atoms with Crippen molar-refractivity contribution in [3.05, 3.63) is 48.0 Å². The summed E-state index contributed by atoms with van der Waals surface area (Å²) in [5, 5.41) is 33.9. The van der Waals surface area contributed by atoms with Gasteiger partial charge in [-0.3, -0.25) is 28.9 Å². The number of primary amides is 1.